The lowest BCUT2D eigenvalue weighted by atomic mass is 10.1. The minimum absolute atomic E-state index is 0. The van der Waals surface area contributed by atoms with Crippen LogP contribution in [0.2, 0.25) is 0 Å². The Morgan fingerprint density at radius 2 is 1.90 bits per heavy atom. The lowest BCUT2D eigenvalue weighted by Crippen LogP contribution is -2.36. The van der Waals surface area contributed by atoms with Gasteiger partial charge in [-0.05, 0) is 69.1 Å². The minimum atomic E-state index is -0.0293. The van der Waals surface area contributed by atoms with E-state index in [1.807, 2.05) is 43.3 Å². The van der Waals surface area contributed by atoms with Crippen LogP contribution < -0.4 is 16.0 Å². The lowest BCUT2D eigenvalue weighted by molar-refractivity contribution is -0.116. The SMILES string of the molecule is CCNC(=NCc1cccc(NC(=O)CN(C)C)c1)NCc1ccc(C)cc1SC.I. The molecule has 31 heavy (non-hydrogen) atoms. The molecule has 0 heterocycles. The molecule has 0 aromatic heterocycles. The number of aliphatic imine (C=N–C) groups is 1. The highest BCUT2D eigenvalue weighted by molar-refractivity contribution is 14.0. The molecule has 0 fully saturated rings. The number of guanidine groups is 1. The number of aryl methyl sites for hydroxylation is 1. The Kier molecular flexibility index (Phi) is 12.6. The van der Waals surface area contributed by atoms with Gasteiger partial charge in [0.25, 0.3) is 0 Å². The van der Waals surface area contributed by atoms with Crippen LogP contribution in [0.1, 0.15) is 23.6 Å². The Bertz CT molecular complexity index is 873. The molecule has 1 amide bonds. The van der Waals surface area contributed by atoms with Crippen LogP contribution in [0.4, 0.5) is 5.69 Å². The Hall–Kier alpha value is -1.78. The predicted molar refractivity (Wildman–Crippen MR) is 144 cm³/mol. The monoisotopic (exact) mass is 555 g/mol. The summed E-state index contributed by atoms with van der Waals surface area (Å²) in [5.74, 6) is 0.741. The summed E-state index contributed by atoms with van der Waals surface area (Å²) in [6.45, 7) is 6.54. The number of amides is 1. The molecule has 6 nitrogen and oxygen atoms in total. The summed E-state index contributed by atoms with van der Waals surface area (Å²) in [5.41, 5.74) is 4.34. The zero-order valence-corrected chi connectivity index (χ0v) is 22.1. The van der Waals surface area contributed by atoms with Gasteiger partial charge >= 0.3 is 0 Å². The molecule has 170 valence electrons. The standard InChI is InChI=1S/C23H33N5OS.HI/c1-6-24-23(26-15-19-11-10-17(2)12-21(19)30-5)25-14-18-8-7-9-20(13-18)27-22(29)16-28(3)4;/h7-13H,6,14-16H2,1-5H3,(H,27,29)(H2,24,25,26);1H. The van der Waals surface area contributed by atoms with Crippen molar-refractivity contribution in [3.05, 3.63) is 59.2 Å². The van der Waals surface area contributed by atoms with Crippen molar-refractivity contribution in [1.82, 2.24) is 15.5 Å². The Balaban J connectivity index is 0.00000480. The normalized spacial score (nSPS) is 11.1. The van der Waals surface area contributed by atoms with Crippen molar-refractivity contribution < 1.29 is 4.79 Å². The summed E-state index contributed by atoms with van der Waals surface area (Å²) in [4.78, 5) is 19.8. The van der Waals surface area contributed by atoms with Gasteiger partial charge in [-0.15, -0.1) is 35.7 Å². The summed E-state index contributed by atoms with van der Waals surface area (Å²) in [7, 11) is 3.75. The van der Waals surface area contributed by atoms with Crippen LogP contribution in [0.5, 0.6) is 0 Å². The van der Waals surface area contributed by atoms with Crippen molar-refractivity contribution >= 4 is 53.3 Å². The van der Waals surface area contributed by atoms with Crippen molar-refractivity contribution in [2.24, 2.45) is 4.99 Å². The zero-order chi connectivity index (χ0) is 21.9. The van der Waals surface area contributed by atoms with Gasteiger partial charge in [-0.2, -0.15) is 0 Å². The van der Waals surface area contributed by atoms with Gasteiger partial charge in [0.15, 0.2) is 5.96 Å². The number of hydrogen-bond acceptors (Lipinski definition) is 4. The molecular weight excluding hydrogens is 521 g/mol. The molecule has 0 unspecified atom stereocenters. The average molecular weight is 556 g/mol. The number of carbonyl (C=O) groups excluding carboxylic acids is 1. The van der Waals surface area contributed by atoms with Crippen molar-refractivity contribution in [1.29, 1.82) is 0 Å². The molecule has 0 bridgehead atoms. The molecule has 0 aliphatic rings. The number of benzene rings is 2. The van der Waals surface area contributed by atoms with Crippen molar-refractivity contribution in [3.63, 3.8) is 0 Å². The minimum Gasteiger partial charge on any atom is -0.357 e. The fourth-order valence-corrected chi connectivity index (χ4v) is 3.63. The zero-order valence-electron chi connectivity index (χ0n) is 19.0. The molecule has 0 atom stereocenters. The van der Waals surface area contributed by atoms with Crippen LogP contribution in [0.3, 0.4) is 0 Å². The molecule has 0 aliphatic carbocycles. The number of rotatable bonds is 9. The Labute approximate surface area is 207 Å². The van der Waals surface area contributed by atoms with E-state index in [1.165, 1.54) is 16.0 Å². The van der Waals surface area contributed by atoms with Gasteiger partial charge in [-0.1, -0.05) is 24.3 Å². The van der Waals surface area contributed by atoms with Crippen LogP contribution in [-0.4, -0.2) is 50.2 Å². The fourth-order valence-electron chi connectivity index (χ4n) is 2.92. The van der Waals surface area contributed by atoms with Crippen LogP contribution in [0, 0.1) is 6.92 Å². The second-order valence-electron chi connectivity index (χ2n) is 7.35. The molecule has 2 rings (SSSR count). The molecule has 0 saturated heterocycles. The molecule has 0 saturated carbocycles. The van der Waals surface area contributed by atoms with Crippen LogP contribution in [-0.2, 0) is 17.9 Å². The fraction of sp³-hybridized carbons (Fsp3) is 0.391. The number of nitrogens with zero attached hydrogens (tertiary/aromatic N) is 2. The number of thioether (sulfide) groups is 1. The summed E-state index contributed by atoms with van der Waals surface area (Å²) in [6, 6.07) is 14.3. The van der Waals surface area contributed by atoms with Crippen molar-refractivity contribution in [3.8, 4) is 0 Å². The highest BCUT2D eigenvalue weighted by Crippen LogP contribution is 2.21. The maximum atomic E-state index is 12.0. The average Bonchev–Trinajstić information content (AvgIpc) is 2.70. The van der Waals surface area contributed by atoms with E-state index in [4.69, 9.17) is 4.99 Å². The van der Waals surface area contributed by atoms with Gasteiger partial charge < -0.3 is 20.9 Å². The third-order valence-electron chi connectivity index (χ3n) is 4.32. The number of halogens is 1. The summed E-state index contributed by atoms with van der Waals surface area (Å²) in [5, 5.41) is 9.64. The Morgan fingerprint density at radius 1 is 1.13 bits per heavy atom. The Morgan fingerprint density at radius 3 is 2.58 bits per heavy atom. The first-order valence-corrected chi connectivity index (χ1v) is 11.3. The van der Waals surface area contributed by atoms with E-state index in [0.29, 0.717) is 19.6 Å². The van der Waals surface area contributed by atoms with E-state index in [-0.39, 0.29) is 29.9 Å². The molecule has 2 aromatic rings. The lowest BCUT2D eigenvalue weighted by Gasteiger charge is -2.14. The molecular formula is C23H34IN5OS. The highest BCUT2D eigenvalue weighted by atomic mass is 127. The second-order valence-corrected chi connectivity index (χ2v) is 8.20. The molecule has 0 spiro atoms. The van der Waals surface area contributed by atoms with Crippen LogP contribution in [0.15, 0.2) is 52.4 Å². The van der Waals surface area contributed by atoms with Gasteiger partial charge in [0, 0.05) is 23.7 Å². The number of nitrogens with one attached hydrogen (secondary N) is 3. The van der Waals surface area contributed by atoms with Crippen LogP contribution in [0.25, 0.3) is 0 Å². The summed E-state index contributed by atoms with van der Waals surface area (Å²) < 4.78 is 0. The predicted octanol–water partition coefficient (Wildman–Crippen LogP) is 4.09. The number of likely N-dealkylation sites (N-methyl/N-ethyl adjacent to an activating group) is 1. The first kappa shape index (κ1) is 27.3. The summed E-state index contributed by atoms with van der Waals surface area (Å²) in [6.07, 6.45) is 2.10. The van der Waals surface area contributed by atoms with Gasteiger partial charge in [0.05, 0.1) is 13.1 Å². The third kappa shape index (κ3) is 9.92. The first-order valence-electron chi connectivity index (χ1n) is 10.1. The van der Waals surface area contributed by atoms with Crippen molar-refractivity contribution in [2.75, 3.05) is 38.8 Å². The number of anilines is 1. The van der Waals surface area contributed by atoms with E-state index in [1.54, 1.807) is 11.8 Å². The quantitative estimate of drug-likeness (QED) is 0.188. The van der Waals surface area contributed by atoms with Crippen LogP contribution >= 0.6 is 35.7 Å². The number of carbonyl (C=O) groups is 1. The smallest absolute Gasteiger partial charge is 0.238 e. The van der Waals surface area contributed by atoms with E-state index in [0.717, 1.165) is 23.8 Å². The molecule has 3 N–H and O–H groups in total. The maximum absolute atomic E-state index is 12.0. The van der Waals surface area contributed by atoms with Gasteiger partial charge in [-0.25, -0.2) is 4.99 Å². The second kappa shape index (κ2) is 14.3. The molecule has 0 radical (unpaired) electrons. The third-order valence-corrected chi connectivity index (χ3v) is 5.14. The van der Waals surface area contributed by atoms with E-state index >= 15 is 0 Å². The van der Waals surface area contributed by atoms with E-state index in [2.05, 4.69) is 54.3 Å². The van der Waals surface area contributed by atoms with Crippen molar-refractivity contribution in [2.45, 2.75) is 31.8 Å². The molecule has 2 aromatic carbocycles. The van der Waals surface area contributed by atoms with Gasteiger partial charge in [0.1, 0.15) is 0 Å². The first-order chi connectivity index (χ1) is 14.4. The topological polar surface area (TPSA) is 68.8 Å². The maximum Gasteiger partial charge on any atom is 0.238 e. The van der Waals surface area contributed by atoms with Gasteiger partial charge in [0.2, 0.25) is 5.91 Å². The van der Waals surface area contributed by atoms with E-state index in [9.17, 15) is 4.79 Å². The largest absolute Gasteiger partial charge is 0.357 e. The van der Waals surface area contributed by atoms with E-state index < -0.39 is 0 Å². The summed E-state index contributed by atoms with van der Waals surface area (Å²) >= 11 is 1.76. The van der Waals surface area contributed by atoms with Gasteiger partial charge in [-0.3, -0.25) is 4.79 Å². The molecule has 0 aliphatic heterocycles. The molecule has 8 heteroatoms. The highest BCUT2D eigenvalue weighted by Gasteiger charge is 2.06. The number of hydrogen-bond donors (Lipinski definition) is 3.